The van der Waals surface area contributed by atoms with E-state index in [4.69, 9.17) is 14.2 Å². The van der Waals surface area contributed by atoms with Crippen molar-refractivity contribution in [3.63, 3.8) is 0 Å². The first-order valence-electron chi connectivity index (χ1n) is 10.7. The molecular weight excluding hydrogens is 392 g/mol. The van der Waals surface area contributed by atoms with Gasteiger partial charge in [0.2, 0.25) is 0 Å². The number of hydrogen-bond donors (Lipinski definition) is 2. The highest BCUT2D eigenvalue weighted by Gasteiger charge is 2.23. The van der Waals surface area contributed by atoms with E-state index in [2.05, 4.69) is 44.8 Å². The van der Waals surface area contributed by atoms with Crippen LogP contribution in [0.15, 0.2) is 47.5 Å². The molecule has 1 aliphatic heterocycles. The first-order chi connectivity index (χ1) is 15.1. The molecule has 0 radical (unpaired) electrons. The number of methoxy groups -OCH3 is 3. The Morgan fingerprint density at radius 2 is 1.65 bits per heavy atom. The lowest BCUT2D eigenvalue weighted by Gasteiger charge is -2.19. The van der Waals surface area contributed by atoms with Crippen LogP contribution in [0.5, 0.6) is 17.2 Å². The molecule has 2 N–H and O–H groups in total. The van der Waals surface area contributed by atoms with Gasteiger partial charge in [0.1, 0.15) is 17.2 Å². The van der Waals surface area contributed by atoms with Crippen LogP contribution >= 0.6 is 0 Å². The van der Waals surface area contributed by atoms with Crippen LogP contribution in [0.25, 0.3) is 0 Å². The third kappa shape index (κ3) is 6.79. The molecule has 0 aromatic heterocycles. The minimum Gasteiger partial charge on any atom is -0.497 e. The number of benzene rings is 2. The fourth-order valence-corrected chi connectivity index (χ4v) is 3.82. The van der Waals surface area contributed by atoms with Crippen molar-refractivity contribution >= 4 is 5.96 Å². The van der Waals surface area contributed by atoms with Gasteiger partial charge < -0.3 is 24.8 Å². The van der Waals surface area contributed by atoms with Crippen LogP contribution in [-0.2, 0) is 13.0 Å². The van der Waals surface area contributed by atoms with Crippen LogP contribution in [0.4, 0.5) is 0 Å². The summed E-state index contributed by atoms with van der Waals surface area (Å²) in [6, 6.07) is 14.6. The lowest BCUT2D eigenvalue weighted by Crippen LogP contribution is -2.45. The Bertz CT molecular complexity index is 832. The van der Waals surface area contributed by atoms with E-state index in [1.807, 2.05) is 25.2 Å². The second-order valence-electron chi connectivity index (χ2n) is 7.68. The van der Waals surface area contributed by atoms with Crippen molar-refractivity contribution in [1.82, 2.24) is 15.5 Å². The van der Waals surface area contributed by atoms with E-state index in [0.717, 1.165) is 62.2 Å². The molecule has 1 fully saturated rings. The van der Waals surface area contributed by atoms with Gasteiger partial charge in [0, 0.05) is 45.3 Å². The monoisotopic (exact) mass is 426 g/mol. The molecule has 1 aliphatic rings. The highest BCUT2D eigenvalue weighted by Crippen LogP contribution is 2.24. The van der Waals surface area contributed by atoms with Crippen molar-refractivity contribution in [2.24, 2.45) is 4.99 Å². The highest BCUT2D eigenvalue weighted by molar-refractivity contribution is 5.80. The van der Waals surface area contributed by atoms with Gasteiger partial charge >= 0.3 is 0 Å². The normalized spacial score (nSPS) is 16.8. The number of ether oxygens (including phenoxy) is 3. The molecule has 0 spiro atoms. The molecule has 2 aromatic carbocycles. The van der Waals surface area contributed by atoms with Crippen LogP contribution in [0.2, 0.25) is 0 Å². The van der Waals surface area contributed by atoms with Crippen molar-refractivity contribution < 1.29 is 14.2 Å². The Balaban J connectivity index is 1.44. The quantitative estimate of drug-likeness (QED) is 0.475. The molecule has 2 aromatic rings. The number of likely N-dealkylation sites (tertiary alicyclic amines) is 1. The summed E-state index contributed by atoms with van der Waals surface area (Å²) < 4.78 is 16.0. The van der Waals surface area contributed by atoms with Gasteiger partial charge in [-0.1, -0.05) is 12.1 Å². The molecule has 31 heavy (non-hydrogen) atoms. The maximum atomic E-state index is 5.39. The van der Waals surface area contributed by atoms with E-state index in [1.54, 1.807) is 21.3 Å². The van der Waals surface area contributed by atoms with Gasteiger partial charge in [-0.25, -0.2) is 0 Å². The van der Waals surface area contributed by atoms with Crippen LogP contribution < -0.4 is 24.8 Å². The summed E-state index contributed by atoms with van der Waals surface area (Å²) in [4.78, 5) is 6.83. The first kappa shape index (κ1) is 22.7. The number of hydrogen-bond acceptors (Lipinski definition) is 5. The van der Waals surface area contributed by atoms with Crippen molar-refractivity contribution in [1.29, 1.82) is 0 Å². The highest BCUT2D eigenvalue weighted by atomic mass is 16.5. The van der Waals surface area contributed by atoms with Crippen LogP contribution in [0.1, 0.15) is 17.5 Å². The first-order valence-corrected chi connectivity index (χ1v) is 10.7. The summed E-state index contributed by atoms with van der Waals surface area (Å²) in [5, 5.41) is 6.98. The summed E-state index contributed by atoms with van der Waals surface area (Å²) >= 11 is 0. The Kier molecular flexibility index (Phi) is 8.41. The summed E-state index contributed by atoms with van der Waals surface area (Å²) in [6.45, 7) is 3.71. The van der Waals surface area contributed by atoms with Gasteiger partial charge in [-0.05, 0) is 48.2 Å². The zero-order chi connectivity index (χ0) is 22.1. The second kappa shape index (κ2) is 11.5. The van der Waals surface area contributed by atoms with Gasteiger partial charge in [0.05, 0.1) is 21.3 Å². The van der Waals surface area contributed by atoms with Gasteiger partial charge in [-0.2, -0.15) is 0 Å². The predicted octanol–water partition coefficient (Wildman–Crippen LogP) is 2.69. The molecule has 0 amide bonds. The molecule has 0 aliphatic carbocycles. The average molecular weight is 427 g/mol. The summed E-state index contributed by atoms with van der Waals surface area (Å²) in [5.41, 5.74) is 2.46. The van der Waals surface area contributed by atoms with Crippen LogP contribution in [0.3, 0.4) is 0 Å². The topological polar surface area (TPSA) is 67.4 Å². The van der Waals surface area contributed by atoms with Crippen molar-refractivity contribution in [2.75, 3.05) is 48.0 Å². The van der Waals surface area contributed by atoms with E-state index in [-0.39, 0.29) is 0 Å². The van der Waals surface area contributed by atoms with E-state index >= 15 is 0 Å². The molecule has 7 nitrogen and oxygen atoms in total. The largest absolute Gasteiger partial charge is 0.497 e. The van der Waals surface area contributed by atoms with Gasteiger partial charge in [-0.15, -0.1) is 0 Å². The van der Waals surface area contributed by atoms with Gasteiger partial charge in [0.15, 0.2) is 5.96 Å². The van der Waals surface area contributed by atoms with Crippen molar-refractivity contribution in [3.05, 3.63) is 53.6 Å². The van der Waals surface area contributed by atoms with Crippen LogP contribution in [-0.4, -0.2) is 64.9 Å². The van der Waals surface area contributed by atoms with Crippen molar-refractivity contribution in [3.8, 4) is 17.2 Å². The predicted molar refractivity (Wildman–Crippen MR) is 124 cm³/mol. The minimum atomic E-state index is 0.375. The summed E-state index contributed by atoms with van der Waals surface area (Å²) in [5.74, 6) is 3.38. The fraction of sp³-hybridized carbons (Fsp3) is 0.458. The molecule has 3 rings (SSSR count). The maximum Gasteiger partial charge on any atom is 0.191 e. The van der Waals surface area contributed by atoms with Gasteiger partial charge in [0.25, 0.3) is 0 Å². The maximum absolute atomic E-state index is 5.39. The third-order valence-electron chi connectivity index (χ3n) is 5.52. The van der Waals surface area contributed by atoms with E-state index in [9.17, 15) is 0 Å². The molecule has 0 saturated carbocycles. The van der Waals surface area contributed by atoms with E-state index in [0.29, 0.717) is 6.04 Å². The Labute approximate surface area is 185 Å². The molecule has 0 bridgehead atoms. The van der Waals surface area contributed by atoms with Gasteiger partial charge in [-0.3, -0.25) is 9.89 Å². The fourth-order valence-electron chi connectivity index (χ4n) is 3.82. The molecule has 7 heteroatoms. The second-order valence-corrected chi connectivity index (χ2v) is 7.68. The molecule has 1 saturated heterocycles. The molecule has 1 unspecified atom stereocenters. The lowest BCUT2D eigenvalue weighted by atomic mass is 10.1. The Morgan fingerprint density at radius 3 is 2.26 bits per heavy atom. The van der Waals surface area contributed by atoms with E-state index in [1.165, 1.54) is 11.1 Å². The number of nitrogens with zero attached hydrogens (tertiary/aromatic N) is 2. The minimum absolute atomic E-state index is 0.375. The molecule has 1 heterocycles. The SMILES string of the molecule is CN=C(NCCc1ccc(OC)cc1)NC1CCN(Cc2cc(OC)cc(OC)c2)C1. The smallest absolute Gasteiger partial charge is 0.191 e. The number of guanidine groups is 1. The number of nitrogens with one attached hydrogen (secondary N) is 2. The Hall–Kier alpha value is -2.93. The van der Waals surface area contributed by atoms with E-state index < -0.39 is 0 Å². The Morgan fingerprint density at radius 1 is 0.968 bits per heavy atom. The standard InChI is InChI=1S/C24H34N4O3/c1-25-24(26-11-9-18-5-7-21(29-2)8-6-18)27-20-10-12-28(17-20)16-19-13-22(30-3)15-23(14-19)31-4/h5-8,13-15,20H,9-12,16-17H2,1-4H3,(H2,25,26,27). The molecule has 1 atom stereocenters. The zero-order valence-electron chi connectivity index (χ0n) is 19.0. The number of rotatable bonds is 9. The molecular formula is C24H34N4O3. The summed E-state index contributed by atoms with van der Waals surface area (Å²) in [6.07, 6.45) is 2.01. The third-order valence-corrected chi connectivity index (χ3v) is 5.52. The summed E-state index contributed by atoms with van der Waals surface area (Å²) in [7, 11) is 6.87. The lowest BCUT2D eigenvalue weighted by molar-refractivity contribution is 0.321. The number of aliphatic imine (C=N–C) groups is 1. The average Bonchev–Trinajstić information content (AvgIpc) is 3.25. The zero-order valence-corrected chi connectivity index (χ0v) is 19.0. The van der Waals surface area contributed by atoms with Crippen LogP contribution in [0, 0.1) is 0 Å². The van der Waals surface area contributed by atoms with Crippen molar-refractivity contribution in [2.45, 2.75) is 25.4 Å². The molecule has 168 valence electrons.